The van der Waals surface area contributed by atoms with Crippen molar-refractivity contribution >= 4 is 11.0 Å². The van der Waals surface area contributed by atoms with Crippen LogP contribution in [0.5, 0.6) is 5.75 Å². The number of aromatic hydroxyl groups is 1. The third kappa shape index (κ3) is 2.12. The summed E-state index contributed by atoms with van der Waals surface area (Å²) < 4.78 is 1.74. The molecule has 0 amide bonds. The smallest absolute Gasteiger partial charge is 0.326 e. The lowest BCUT2D eigenvalue weighted by atomic mass is 10.0. The second-order valence-electron chi connectivity index (χ2n) is 5.86. The van der Waals surface area contributed by atoms with Crippen LogP contribution in [0.3, 0.4) is 0 Å². The first-order valence-corrected chi connectivity index (χ1v) is 7.24. The number of rotatable bonds is 2. The molecule has 1 saturated heterocycles. The molecule has 20 heavy (non-hydrogen) atoms. The normalized spacial score (nSPS) is 20.9. The van der Waals surface area contributed by atoms with Gasteiger partial charge in [0.2, 0.25) is 0 Å². The number of para-hydroxylation sites is 1. The number of aromatic nitrogens is 2. The number of benzene rings is 1. The van der Waals surface area contributed by atoms with Crippen molar-refractivity contribution < 1.29 is 5.11 Å². The third-order valence-electron chi connectivity index (χ3n) is 4.24. The quantitative estimate of drug-likeness (QED) is 0.882. The van der Waals surface area contributed by atoms with Gasteiger partial charge in [-0.25, -0.2) is 4.79 Å². The van der Waals surface area contributed by atoms with E-state index in [4.69, 9.17) is 0 Å². The summed E-state index contributed by atoms with van der Waals surface area (Å²) in [7, 11) is 0. The van der Waals surface area contributed by atoms with Crippen LogP contribution in [0.4, 0.5) is 0 Å². The Bertz CT molecular complexity index is 671. The minimum Gasteiger partial charge on any atom is -0.506 e. The van der Waals surface area contributed by atoms with Crippen LogP contribution >= 0.6 is 0 Å². The zero-order chi connectivity index (χ0) is 14.3. The van der Waals surface area contributed by atoms with Crippen molar-refractivity contribution in [2.24, 2.45) is 0 Å². The molecule has 0 saturated carbocycles. The number of H-pyrrole nitrogens is 1. The fourth-order valence-corrected chi connectivity index (χ4v) is 3.17. The van der Waals surface area contributed by atoms with E-state index in [9.17, 15) is 9.90 Å². The Kier molecular flexibility index (Phi) is 3.30. The number of fused-ring (bicyclic) bond motifs is 1. The van der Waals surface area contributed by atoms with Crippen molar-refractivity contribution in [3.8, 4) is 5.75 Å². The highest BCUT2D eigenvalue weighted by Crippen LogP contribution is 2.29. The zero-order valence-corrected chi connectivity index (χ0v) is 12.0. The summed E-state index contributed by atoms with van der Waals surface area (Å²) in [6, 6.07) is 5.82. The van der Waals surface area contributed by atoms with E-state index in [0.717, 1.165) is 25.9 Å². The Hall–Kier alpha value is -1.75. The summed E-state index contributed by atoms with van der Waals surface area (Å²) in [5, 5.41) is 10.1. The van der Waals surface area contributed by atoms with Gasteiger partial charge in [0.15, 0.2) is 0 Å². The second-order valence-corrected chi connectivity index (χ2v) is 5.86. The number of hydrogen-bond acceptors (Lipinski definition) is 3. The molecule has 2 heterocycles. The Labute approximate surface area is 117 Å². The van der Waals surface area contributed by atoms with E-state index in [0.29, 0.717) is 17.1 Å². The molecule has 0 bridgehead atoms. The lowest BCUT2D eigenvalue weighted by molar-refractivity contribution is 0.143. The van der Waals surface area contributed by atoms with E-state index >= 15 is 0 Å². The van der Waals surface area contributed by atoms with Gasteiger partial charge in [0.05, 0.1) is 11.6 Å². The van der Waals surface area contributed by atoms with Gasteiger partial charge < -0.3 is 10.1 Å². The van der Waals surface area contributed by atoms with Gasteiger partial charge in [0.1, 0.15) is 11.3 Å². The third-order valence-corrected chi connectivity index (χ3v) is 4.24. The summed E-state index contributed by atoms with van der Waals surface area (Å²) in [4.78, 5) is 17.5. The predicted molar refractivity (Wildman–Crippen MR) is 79.2 cm³/mol. The fraction of sp³-hybridized carbons (Fsp3) is 0.533. The molecule has 5 heteroatoms. The second kappa shape index (κ2) is 4.98. The van der Waals surface area contributed by atoms with Crippen LogP contribution in [-0.2, 0) is 0 Å². The molecule has 2 N–H and O–H groups in total. The summed E-state index contributed by atoms with van der Waals surface area (Å²) >= 11 is 0. The highest BCUT2D eigenvalue weighted by Gasteiger charge is 2.26. The van der Waals surface area contributed by atoms with E-state index in [-0.39, 0.29) is 17.5 Å². The molecular formula is C15H21N3O2. The van der Waals surface area contributed by atoms with Crippen molar-refractivity contribution in [1.82, 2.24) is 14.5 Å². The molecule has 1 unspecified atom stereocenters. The average molecular weight is 275 g/mol. The number of aromatic amines is 1. The highest BCUT2D eigenvalue weighted by atomic mass is 16.3. The first-order valence-electron chi connectivity index (χ1n) is 7.24. The molecule has 5 nitrogen and oxygen atoms in total. The molecule has 1 fully saturated rings. The van der Waals surface area contributed by atoms with Crippen LogP contribution in [0.25, 0.3) is 11.0 Å². The molecule has 1 aliphatic heterocycles. The summed E-state index contributed by atoms with van der Waals surface area (Å²) in [6.07, 6.45) is 2.06. The number of hydrogen-bond donors (Lipinski definition) is 2. The molecule has 2 aromatic rings. The number of nitrogens with zero attached hydrogens (tertiary/aromatic N) is 2. The lowest BCUT2D eigenvalue weighted by Crippen LogP contribution is -2.42. The lowest BCUT2D eigenvalue weighted by Gasteiger charge is -2.35. The fourth-order valence-electron chi connectivity index (χ4n) is 3.17. The molecule has 3 rings (SSSR count). The van der Waals surface area contributed by atoms with Crippen LogP contribution in [0.2, 0.25) is 0 Å². The number of imidazole rings is 1. The Morgan fingerprint density at radius 3 is 2.95 bits per heavy atom. The Morgan fingerprint density at radius 2 is 2.20 bits per heavy atom. The summed E-state index contributed by atoms with van der Waals surface area (Å²) in [6.45, 7) is 6.30. The monoisotopic (exact) mass is 275 g/mol. The molecule has 1 aromatic heterocycles. The minimum atomic E-state index is -0.128. The van der Waals surface area contributed by atoms with Gasteiger partial charge in [-0.15, -0.1) is 0 Å². The van der Waals surface area contributed by atoms with Gasteiger partial charge in [0, 0.05) is 12.6 Å². The number of nitrogens with one attached hydrogen (secondary N) is 1. The predicted octanol–water partition coefficient (Wildman–Crippen LogP) is 2.08. The highest BCUT2D eigenvalue weighted by molar-refractivity contribution is 5.81. The van der Waals surface area contributed by atoms with Crippen molar-refractivity contribution in [1.29, 1.82) is 0 Å². The molecule has 0 spiro atoms. The molecule has 108 valence electrons. The summed E-state index contributed by atoms with van der Waals surface area (Å²) in [5.41, 5.74) is 1.21. The maximum atomic E-state index is 12.2. The van der Waals surface area contributed by atoms with Gasteiger partial charge in [0.25, 0.3) is 0 Å². The van der Waals surface area contributed by atoms with Crippen LogP contribution in [0, 0.1) is 0 Å². The van der Waals surface area contributed by atoms with Crippen LogP contribution in [0.15, 0.2) is 23.0 Å². The Morgan fingerprint density at radius 1 is 1.40 bits per heavy atom. The van der Waals surface area contributed by atoms with E-state index in [2.05, 4.69) is 23.7 Å². The van der Waals surface area contributed by atoms with Crippen molar-refractivity contribution in [3.05, 3.63) is 28.7 Å². The van der Waals surface area contributed by atoms with Gasteiger partial charge >= 0.3 is 5.69 Å². The topological polar surface area (TPSA) is 61.3 Å². The van der Waals surface area contributed by atoms with Crippen molar-refractivity contribution in [2.45, 2.75) is 38.8 Å². The van der Waals surface area contributed by atoms with Crippen LogP contribution < -0.4 is 5.69 Å². The molecule has 1 aromatic carbocycles. The molecule has 0 radical (unpaired) electrons. The first-order chi connectivity index (χ1) is 9.58. The summed E-state index contributed by atoms with van der Waals surface area (Å²) in [5.74, 6) is 0.169. The standard InChI is InChI=1S/C15H21N3O2/c1-10(2)17-8-4-5-11(9-17)18-14-12(16-15(18)20)6-3-7-13(14)19/h3,6-7,10-11,19H,4-5,8-9H2,1-2H3,(H,16,20). The Balaban J connectivity index is 2.06. The maximum Gasteiger partial charge on any atom is 0.326 e. The number of phenolic OH excluding ortho intramolecular Hbond substituents is 1. The van der Waals surface area contributed by atoms with E-state index in [1.165, 1.54) is 0 Å². The number of phenols is 1. The largest absolute Gasteiger partial charge is 0.506 e. The first kappa shape index (κ1) is 13.2. The molecular weight excluding hydrogens is 254 g/mol. The van der Waals surface area contributed by atoms with Gasteiger partial charge in [-0.05, 0) is 45.4 Å². The van der Waals surface area contributed by atoms with Crippen molar-refractivity contribution in [2.75, 3.05) is 13.1 Å². The van der Waals surface area contributed by atoms with Crippen LogP contribution in [-0.4, -0.2) is 38.7 Å². The van der Waals surface area contributed by atoms with E-state index in [1.54, 1.807) is 16.7 Å². The number of piperidine rings is 1. The zero-order valence-electron chi connectivity index (χ0n) is 12.0. The minimum absolute atomic E-state index is 0.126. The van der Waals surface area contributed by atoms with Gasteiger partial charge in [-0.2, -0.15) is 0 Å². The molecule has 1 atom stereocenters. The van der Waals surface area contributed by atoms with Gasteiger partial charge in [-0.1, -0.05) is 6.07 Å². The van der Waals surface area contributed by atoms with E-state index in [1.807, 2.05) is 6.07 Å². The number of likely N-dealkylation sites (tertiary alicyclic amines) is 1. The van der Waals surface area contributed by atoms with Crippen LogP contribution in [0.1, 0.15) is 32.7 Å². The SMILES string of the molecule is CC(C)N1CCCC(n2c(=O)[nH]c3cccc(O)c32)C1. The van der Waals surface area contributed by atoms with Gasteiger partial charge in [-0.3, -0.25) is 9.47 Å². The maximum absolute atomic E-state index is 12.2. The molecule has 0 aliphatic carbocycles. The molecule has 1 aliphatic rings. The van der Waals surface area contributed by atoms with E-state index < -0.39 is 0 Å². The average Bonchev–Trinajstić information content (AvgIpc) is 2.76. The van der Waals surface area contributed by atoms with Crippen molar-refractivity contribution in [3.63, 3.8) is 0 Å².